The van der Waals surface area contributed by atoms with Crippen LogP contribution in [0.25, 0.3) is 22.7 Å². The number of aromatic amines is 1. The molecule has 0 fully saturated rings. The molecule has 0 saturated carbocycles. The maximum Gasteiger partial charge on any atom is 0.337 e. The topological polar surface area (TPSA) is 91.8 Å². The van der Waals surface area contributed by atoms with Gasteiger partial charge in [-0.05, 0) is 18.2 Å². The molecule has 3 heterocycles. The van der Waals surface area contributed by atoms with E-state index < -0.39 is 5.97 Å². The Bertz CT molecular complexity index is 721. The van der Waals surface area contributed by atoms with E-state index in [-0.39, 0.29) is 5.56 Å². The zero-order chi connectivity index (χ0) is 12.5. The maximum absolute atomic E-state index is 10.8. The normalized spacial score (nSPS) is 10.7. The van der Waals surface area contributed by atoms with Gasteiger partial charge in [-0.3, -0.25) is 4.98 Å². The number of pyridine rings is 2. The lowest BCUT2D eigenvalue weighted by Crippen LogP contribution is -1.96. The Morgan fingerprint density at radius 1 is 1.28 bits per heavy atom. The zero-order valence-corrected chi connectivity index (χ0v) is 9.16. The largest absolute Gasteiger partial charge is 0.478 e. The van der Waals surface area contributed by atoms with E-state index in [1.165, 1.54) is 12.3 Å². The van der Waals surface area contributed by atoms with Crippen molar-refractivity contribution in [2.45, 2.75) is 0 Å². The van der Waals surface area contributed by atoms with Gasteiger partial charge in [0.1, 0.15) is 5.69 Å². The van der Waals surface area contributed by atoms with Gasteiger partial charge in [-0.15, -0.1) is 0 Å². The molecular weight excluding hydrogens is 232 g/mol. The molecule has 2 N–H and O–H groups in total. The number of nitrogens with one attached hydrogen (secondary N) is 1. The van der Waals surface area contributed by atoms with E-state index in [0.29, 0.717) is 22.7 Å². The number of hydrogen-bond acceptors (Lipinski definition) is 4. The van der Waals surface area contributed by atoms with Crippen LogP contribution in [-0.2, 0) is 0 Å². The molecule has 0 aliphatic rings. The van der Waals surface area contributed by atoms with Crippen LogP contribution in [0.1, 0.15) is 10.4 Å². The van der Waals surface area contributed by atoms with Gasteiger partial charge in [0.2, 0.25) is 0 Å². The lowest BCUT2D eigenvalue weighted by atomic mass is 10.3. The maximum atomic E-state index is 10.8. The fourth-order valence-electron chi connectivity index (χ4n) is 1.64. The van der Waals surface area contributed by atoms with Crippen LogP contribution >= 0.6 is 0 Å². The van der Waals surface area contributed by atoms with E-state index in [9.17, 15) is 4.79 Å². The summed E-state index contributed by atoms with van der Waals surface area (Å²) in [4.78, 5) is 26.3. The molecule has 0 unspecified atom stereocenters. The summed E-state index contributed by atoms with van der Waals surface area (Å²) in [6, 6.07) is 6.98. The summed E-state index contributed by atoms with van der Waals surface area (Å²) in [7, 11) is 0. The number of aromatic carboxylic acids is 1. The highest BCUT2D eigenvalue weighted by Gasteiger charge is 2.10. The number of carboxylic acid groups (broad SMARTS) is 1. The fraction of sp³-hybridized carbons (Fsp3) is 0. The number of rotatable bonds is 2. The molecule has 0 amide bonds. The van der Waals surface area contributed by atoms with Gasteiger partial charge in [-0.2, -0.15) is 0 Å². The van der Waals surface area contributed by atoms with Crippen LogP contribution < -0.4 is 0 Å². The van der Waals surface area contributed by atoms with E-state index >= 15 is 0 Å². The molecule has 6 nitrogen and oxygen atoms in total. The smallest absolute Gasteiger partial charge is 0.337 e. The average molecular weight is 240 g/mol. The summed E-state index contributed by atoms with van der Waals surface area (Å²) in [6.07, 6.45) is 2.95. The van der Waals surface area contributed by atoms with Crippen molar-refractivity contribution in [3.05, 3.63) is 42.2 Å². The first kappa shape index (κ1) is 10.4. The lowest BCUT2D eigenvalue weighted by Gasteiger charge is -1.92. The second-order valence-electron chi connectivity index (χ2n) is 3.70. The number of H-pyrrole nitrogens is 1. The van der Waals surface area contributed by atoms with Crippen molar-refractivity contribution in [2.75, 3.05) is 0 Å². The fourth-order valence-corrected chi connectivity index (χ4v) is 1.64. The van der Waals surface area contributed by atoms with Crippen molar-refractivity contribution in [3.63, 3.8) is 0 Å². The molecule has 0 aliphatic heterocycles. The first-order valence-corrected chi connectivity index (χ1v) is 5.24. The first-order chi connectivity index (χ1) is 8.74. The molecule has 0 saturated heterocycles. The van der Waals surface area contributed by atoms with Crippen LogP contribution in [0.15, 0.2) is 36.7 Å². The summed E-state index contributed by atoms with van der Waals surface area (Å²) in [5.74, 6) is -0.445. The van der Waals surface area contributed by atoms with Crippen molar-refractivity contribution in [1.29, 1.82) is 0 Å². The third-order valence-corrected chi connectivity index (χ3v) is 2.49. The average Bonchev–Trinajstić information content (AvgIpc) is 2.82. The van der Waals surface area contributed by atoms with E-state index in [0.717, 1.165) is 0 Å². The minimum atomic E-state index is -1.02. The number of aromatic nitrogens is 4. The lowest BCUT2D eigenvalue weighted by molar-refractivity contribution is 0.0696. The summed E-state index contributed by atoms with van der Waals surface area (Å²) in [5.41, 5.74) is 1.86. The third kappa shape index (κ3) is 1.69. The van der Waals surface area contributed by atoms with Gasteiger partial charge < -0.3 is 10.1 Å². The van der Waals surface area contributed by atoms with E-state index in [1.54, 1.807) is 6.20 Å². The molecule has 3 aromatic rings. The van der Waals surface area contributed by atoms with E-state index in [2.05, 4.69) is 19.9 Å². The van der Waals surface area contributed by atoms with Crippen molar-refractivity contribution < 1.29 is 9.90 Å². The van der Waals surface area contributed by atoms with Gasteiger partial charge >= 0.3 is 5.97 Å². The second kappa shape index (κ2) is 3.92. The number of hydrogen-bond donors (Lipinski definition) is 2. The summed E-state index contributed by atoms with van der Waals surface area (Å²) in [6.45, 7) is 0. The van der Waals surface area contributed by atoms with Gasteiger partial charge in [-0.1, -0.05) is 6.07 Å². The Balaban J connectivity index is 2.14. The highest BCUT2D eigenvalue weighted by atomic mass is 16.4. The van der Waals surface area contributed by atoms with Gasteiger partial charge in [0.25, 0.3) is 0 Å². The Morgan fingerprint density at radius 2 is 2.17 bits per heavy atom. The standard InChI is InChI=1S/C12H8N4O2/c17-12(18)7-5-9-10(14-6-7)16-11(15-9)8-3-1-2-4-13-8/h1-6H,(H,17,18)(H,14,15,16). The van der Waals surface area contributed by atoms with Crippen LogP contribution in [0.3, 0.4) is 0 Å². The summed E-state index contributed by atoms with van der Waals surface area (Å²) >= 11 is 0. The van der Waals surface area contributed by atoms with Crippen LogP contribution in [0.2, 0.25) is 0 Å². The highest BCUT2D eigenvalue weighted by molar-refractivity contribution is 5.91. The van der Waals surface area contributed by atoms with Crippen LogP contribution in [-0.4, -0.2) is 31.0 Å². The van der Waals surface area contributed by atoms with E-state index in [1.807, 2.05) is 18.2 Å². The summed E-state index contributed by atoms with van der Waals surface area (Å²) in [5, 5.41) is 8.88. The molecule has 0 spiro atoms. The quantitative estimate of drug-likeness (QED) is 0.711. The van der Waals surface area contributed by atoms with Crippen LogP contribution in [0.5, 0.6) is 0 Å². The van der Waals surface area contributed by atoms with Gasteiger partial charge in [0, 0.05) is 12.4 Å². The predicted molar refractivity (Wildman–Crippen MR) is 64.1 cm³/mol. The number of nitrogens with zero attached hydrogens (tertiary/aromatic N) is 3. The molecular formula is C12H8N4O2. The summed E-state index contributed by atoms with van der Waals surface area (Å²) < 4.78 is 0. The molecule has 0 radical (unpaired) electrons. The number of fused-ring (bicyclic) bond motifs is 1. The molecule has 18 heavy (non-hydrogen) atoms. The predicted octanol–water partition coefficient (Wildman–Crippen LogP) is 1.72. The minimum Gasteiger partial charge on any atom is -0.478 e. The highest BCUT2D eigenvalue weighted by Crippen LogP contribution is 2.17. The molecule has 0 aliphatic carbocycles. The van der Waals surface area contributed by atoms with Crippen molar-refractivity contribution in [3.8, 4) is 11.5 Å². The van der Waals surface area contributed by atoms with Crippen molar-refractivity contribution in [1.82, 2.24) is 19.9 Å². The molecule has 0 bridgehead atoms. The Morgan fingerprint density at radius 3 is 2.89 bits per heavy atom. The third-order valence-electron chi connectivity index (χ3n) is 2.49. The van der Waals surface area contributed by atoms with Crippen LogP contribution in [0.4, 0.5) is 0 Å². The van der Waals surface area contributed by atoms with Gasteiger partial charge in [0.05, 0.1) is 11.1 Å². The molecule has 3 aromatic heterocycles. The first-order valence-electron chi connectivity index (χ1n) is 5.24. The Kier molecular flexibility index (Phi) is 2.26. The molecule has 6 heteroatoms. The molecule has 0 atom stereocenters. The minimum absolute atomic E-state index is 0.124. The number of carboxylic acids is 1. The van der Waals surface area contributed by atoms with Gasteiger partial charge in [-0.25, -0.2) is 14.8 Å². The number of imidazole rings is 1. The molecule has 88 valence electrons. The SMILES string of the molecule is O=C(O)c1cnc2nc(-c3ccccn3)[nH]c2c1. The zero-order valence-electron chi connectivity index (χ0n) is 9.16. The molecule has 0 aromatic carbocycles. The second-order valence-corrected chi connectivity index (χ2v) is 3.70. The van der Waals surface area contributed by atoms with Gasteiger partial charge in [0.15, 0.2) is 11.5 Å². The number of carbonyl (C=O) groups is 1. The Labute approximate surface area is 101 Å². The molecule has 3 rings (SSSR count). The van der Waals surface area contributed by atoms with Crippen molar-refractivity contribution in [2.24, 2.45) is 0 Å². The van der Waals surface area contributed by atoms with Crippen molar-refractivity contribution >= 4 is 17.1 Å². The van der Waals surface area contributed by atoms with E-state index in [4.69, 9.17) is 5.11 Å². The Hall–Kier alpha value is -2.76. The monoisotopic (exact) mass is 240 g/mol. The van der Waals surface area contributed by atoms with Crippen LogP contribution in [0, 0.1) is 0 Å².